The van der Waals surface area contributed by atoms with Crippen molar-refractivity contribution in [3.05, 3.63) is 82.4 Å². The van der Waals surface area contributed by atoms with Crippen molar-refractivity contribution in [3.8, 4) is 11.8 Å². The summed E-state index contributed by atoms with van der Waals surface area (Å²) in [5.41, 5.74) is 3.43. The Kier molecular flexibility index (Phi) is 6.51. The molecule has 2 aromatic heterocycles. The number of nitriles is 1. The molecule has 5 rings (SSSR count). The Bertz CT molecular complexity index is 1420. The summed E-state index contributed by atoms with van der Waals surface area (Å²) >= 11 is 1.46. The summed E-state index contributed by atoms with van der Waals surface area (Å²) < 4.78 is 5.38. The van der Waals surface area contributed by atoms with Crippen LogP contribution in [0.2, 0.25) is 0 Å². The van der Waals surface area contributed by atoms with E-state index in [1.54, 1.807) is 24.3 Å². The zero-order chi connectivity index (χ0) is 24.2. The molecule has 0 aliphatic heterocycles. The quantitative estimate of drug-likeness (QED) is 0.344. The number of amides is 2. The van der Waals surface area contributed by atoms with Crippen molar-refractivity contribution >= 4 is 39.2 Å². The van der Waals surface area contributed by atoms with Crippen LogP contribution >= 0.6 is 11.3 Å². The highest BCUT2D eigenvalue weighted by Gasteiger charge is 2.27. The van der Waals surface area contributed by atoms with Gasteiger partial charge in [0, 0.05) is 28.4 Å². The molecule has 7 nitrogen and oxygen atoms in total. The molecule has 2 aromatic carbocycles. The number of benzene rings is 2. The highest BCUT2D eigenvalue weighted by atomic mass is 32.1. The van der Waals surface area contributed by atoms with Crippen molar-refractivity contribution in [2.45, 2.75) is 38.1 Å². The minimum Gasteiger partial charge on any atom is -0.410 e. The molecular weight excluding hydrogens is 460 g/mol. The lowest BCUT2D eigenvalue weighted by Gasteiger charge is -2.18. The van der Waals surface area contributed by atoms with Crippen LogP contribution in [-0.2, 0) is 24.1 Å². The van der Waals surface area contributed by atoms with E-state index in [-0.39, 0.29) is 6.42 Å². The zero-order valence-electron chi connectivity index (χ0n) is 19.0. The van der Waals surface area contributed by atoms with E-state index in [9.17, 15) is 14.9 Å². The van der Waals surface area contributed by atoms with Crippen molar-refractivity contribution < 1.29 is 14.3 Å². The number of H-pyrrole nitrogens is 1. The molecule has 1 aliphatic carbocycles. The third-order valence-electron chi connectivity index (χ3n) is 6.18. The van der Waals surface area contributed by atoms with Crippen LogP contribution in [0.3, 0.4) is 0 Å². The Balaban J connectivity index is 1.40. The number of carbonyl (C=O) groups is 2. The van der Waals surface area contributed by atoms with Crippen molar-refractivity contribution in [3.63, 3.8) is 0 Å². The predicted octanol–water partition coefficient (Wildman–Crippen LogP) is 5.32. The molecule has 8 heteroatoms. The first-order chi connectivity index (χ1) is 17.1. The number of nitrogens with one attached hydrogen (secondary N) is 3. The van der Waals surface area contributed by atoms with Gasteiger partial charge in [-0.25, -0.2) is 4.79 Å². The van der Waals surface area contributed by atoms with Gasteiger partial charge in [0.2, 0.25) is 5.91 Å². The number of hydrogen-bond acceptors (Lipinski definition) is 5. The van der Waals surface area contributed by atoms with E-state index in [1.165, 1.54) is 11.3 Å². The summed E-state index contributed by atoms with van der Waals surface area (Å²) in [5, 5.41) is 16.9. The summed E-state index contributed by atoms with van der Waals surface area (Å²) in [4.78, 5) is 30.5. The van der Waals surface area contributed by atoms with Gasteiger partial charge < -0.3 is 20.4 Å². The number of rotatable bonds is 6. The molecule has 0 saturated heterocycles. The van der Waals surface area contributed by atoms with Gasteiger partial charge in [0.1, 0.15) is 22.9 Å². The first-order valence-electron chi connectivity index (χ1n) is 11.6. The highest BCUT2D eigenvalue weighted by Crippen LogP contribution is 2.37. The second-order valence-electron chi connectivity index (χ2n) is 8.48. The average molecular weight is 485 g/mol. The third-order valence-corrected chi connectivity index (χ3v) is 7.39. The number of thiophene rings is 1. The number of nitrogens with zero attached hydrogens (tertiary/aromatic N) is 1. The summed E-state index contributed by atoms with van der Waals surface area (Å²) in [6, 6.07) is 17.9. The summed E-state index contributed by atoms with van der Waals surface area (Å²) in [5.74, 6) is -0.00987. The Hall–Kier alpha value is -4.09. The van der Waals surface area contributed by atoms with Gasteiger partial charge in [0.05, 0.1) is 5.56 Å². The molecule has 1 atom stereocenters. The fraction of sp³-hybridized carbons (Fsp3) is 0.222. The lowest BCUT2D eigenvalue weighted by atomic mass is 9.96. The second kappa shape index (κ2) is 10.0. The number of aromatic amines is 1. The topological polar surface area (TPSA) is 107 Å². The summed E-state index contributed by atoms with van der Waals surface area (Å²) in [6.45, 7) is 0. The van der Waals surface area contributed by atoms with Crippen LogP contribution in [0.15, 0.2) is 60.8 Å². The van der Waals surface area contributed by atoms with Crippen molar-refractivity contribution in [2.75, 3.05) is 5.32 Å². The summed E-state index contributed by atoms with van der Waals surface area (Å²) in [7, 11) is 0. The lowest BCUT2D eigenvalue weighted by molar-refractivity contribution is -0.118. The van der Waals surface area contributed by atoms with Gasteiger partial charge in [-0.05, 0) is 55.0 Å². The van der Waals surface area contributed by atoms with E-state index in [2.05, 4.69) is 21.7 Å². The molecule has 0 spiro atoms. The smallest absolute Gasteiger partial charge is 0.410 e. The van der Waals surface area contributed by atoms with Crippen LogP contribution in [0.1, 0.15) is 34.4 Å². The van der Waals surface area contributed by atoms with Crippen molar-refractivity contribution in [1.29, 1.82) is 5.26 Å². The van der Waals surface area contributed by atoms with Gasteiger partial charge in [0.15, 0.2) is 0 Å². The molecule has 2 heterocycles. The van der Waals surface area contributed by atoms with Crippen molar-refractivity contribution in [2.24, 2.45) is 0 Å². The van der Waals surface area contributed by atoms with Gasteiger partial charge in [0.25, 0.3) is 0 Å². The Morgan fingerprint density at radius 1 is 1.09 bits per heavy atom. The number of ether oxygens (including phenoxy) is 1. The van der Waals surface area contributed by atoms with E-state index in [4.69, 9.17) is 4.74 Å². The molecule has 0 bridgehead atoms. The fourth-order valence-electron chi connectivity index (χ4n) is 4.47. The Morgan fingerprint density at radius 3 is 2.69 bits per heavy atom. The zero-order valence-corrected chi connectivity index (χ0v) is 19.8. The SMILES string of the molecule is N#Cc1c(NC(=O)[C@@H](Cc2c[nH]c3ccccc23)NC(=O)Oc2ccccc2)sc2c1CCCC2. The number of hydrogen-bond donors (Lipinski definition) is 3. The van der Waals surface area contributed by atoms with E-state index in [0.29, 0.717) is 16.3 Å². The van der Waals surface area contributed by atoms with Crippen LogP contribution in [0.5, 0.6) is 5.75 Å². The van der Waals surface area contributed by atoms with E-state index in [0.717, 1.165) is 52.6 Å². The molecule has 1 aliphatic rings. The molecule has 0 fully saturated rings. The van der Waals surface area contributed by atoms with Gasteiger partial charge in [-0.15, -0.1) is 11.3 Å². The van der Waals surface area contributed by atoms with Gasteiger partial charge in [-0.3, -0.25) is 4.79 Å². The predicted molar refractivity (Wildman–Crippen MR) is 136 cm³/mol. The molecule has 2 amide bonds. The Labute approximate surface area is 206 Å². The molecule has 35 heavy (non-hydrogen) atoms. The first-order valence-corrected chi connectivity index (χ1v) is 12.4. The highest BCUT2D eigenvalue weighted by molar-refractivity contribution is 7.16. The van der Waals surface area contributed by atoms with E-state index >= 15 is 0 Å². The van der Waals surface area contributed by atoms with Crippen molar-refractivity contribution in [1.82, 2.24) is 10.3 Å². The minimum absolute atomic E-state index is 0.257. The number of para-hydroxylation sites is 2. The Morgan fingerprint density at radius 2 is 1.86 bits per heavy atom. The number of anilines is 1. The maximum Gasteiger partial charge on any atom is 0.413 e. The van der Waals surface area contributed by atoms with Crippen LogP contribution < -0.4 is 15.4 Å². The largest absolute Gasteiger partial charge is 0.413 e. The third kappa shape index (κ3) is 4.91. The van der Waals surface area contributed by atoms with E-state index < -0.39 is 18.0 Å². The van der Waals surface area contributed by atoms with Crippen LogP contribution in [0.4, 0.5) is 9.80 Å². The standard InChI is InChI=1S/C27H24N4O3S/c28-15-21-20-11-5-7-13-24(20)35-26(21)31-25(32)23(30-27(33)34-18-8-2-1-3-9-18)14-17-16-29-22-12-6-4-10-19(17)22/h1-4,6,8-10,12,16,23,29H,5,7,11,13-14H2,(H,30,33)(H,31,32)/t23-/m1/s1. The monoisotopic (exact) mass is 484 g/mol. The molecular formula is C27H24N4O3S. The maximum absolute atomic E-state index is 13.4. The number of aryl methyl sites for hydroxylation is 1. The number of aromatic nitrogens is 1. The molecule has 4 aromatic rings. The normalized spacial score (nSPS) is 13.5. The molecule has 0 radical (unpaired) electrons. The second-order valence-corrected chi connectivity index (χ2v) is 9.58. The van der Waals surface area contributed by atoms with Crippen LogP contribution in [0.25, 0.3) is 10.9 Å². The van der Waals surface area contributed by atoms with Gasteiger partial charge in [-0.2, -0.15) is 5.26 Å². The van der Waals surface area contributed by atoms with Crippen LogP contribution in [0, 0.1) is 11.3 Å². The van der Waals surface area contributed by atoms with Crippen LogP contribution in [-0.4, -0.2) is 23.0 Å². The average Bonchev–Trinajstić information content (AvgIpc) is 3.44. The molecule has 176 valence electrons. The number of fused-ring (bicyclic) bond motifs is 2. The lowest BCUT2D eigenvalue weighted by Crippen LogP contribution is -2.46. The fourth-order valence-corrected chi connectivity index (χ4v) is 5.71. The van der Waals surface area contributed by atoms with Gasteiger partial charge >= 0.3 is 6.09 Å². The van der Waals surface area contributed by atoms with Gasteiger partial charge in [-0.1, -0.05) is 36.4 Å². The first kappa shape index (κ1) is 22.7. The molecule has 3 N–H and O–H groups in total. The minimum atomic E-state index is -0.906. The maximum atomic E-state index is 13.4. The molecule has 0 unspecified atom stereocenters. The van der Waals surface area contributed by atoms with E-state index in [1.807, 2.05) is 36.5 Å². The molecule has 0 saturated carbocycles. The summed E-state index contributed by atoms with van der Waals surface area (Å²) in [6.07, 6.45) is 5.29. The number of carbonyl (C=O) groups excluding carboxylic acids is 2.